The van der Waals surface area contributed by atoms with Gasteiger partial charge in [0.15, 0.2) is 0 Å². The first-order valence-electron chi connectivity index (χ1n) is 7.91. The number of pyridine rings is 1. The lowest BCUT2D eigenvalue weighted by molar-refractivity contribution is -0.146. The van der Waals surface area contributed by atoms with Gasteiger partial charge in [-0.1, -0.05) is 6.07 Å². The van der Waals surface area contributed by atoms with Crippen molar-refractivity contribution in [1.29, 1.82) is 5.26 Å². The van der Waals surface area contributed by atoms with Crippen LogP contribution in [0.2, 0.25) is 0 Å². The van der Waals surface area contributed by atoms with Gasteiger partial charge in [-0.15, -0.1) is 0 Å². The zero-order valence-electron chi connectivity index (χ0n) is 14.6. The van der Waals surface area contributed by atoms with Crippen molar-refractivity contribution in [3.63, 3.8) is 0 Å². The Bertz CT molecular complexity index is 1030. The molecule has 0 fully saturated rings. The fourth-order valence-electron chi connectivity index (χ4n) is 3.20. The number of ether oxygens (including phenoxy) is 1. The van der Waals surface area contributed by atoms with Crippen LogP contribution in [0.5, 0.6) is 5.75 Å². The topological polar surface area (TPSA) is 95.6 Å². The molecule has 26 heavy (non-hydrogen) atoms. The van der Waals surface area contributed by atoms with Crippen molar-refractivity contribution < 1.29 is 14.7 Å². The first-order chi connectivity index (χ1) is 12.3. The second-order valence-electron chi connectivity index (χ2n) is 6.39. The third-order valence-electron chi connectivity index (χ3n) is 4.34. The fraction of sp³-hybridized carbons (Fsp3) is 0.211. The number of hydrogen-bond acceptors (Lipinski definition) is 5. The van der Waals surface area contributed by atoms with Crippen LogP contribution >= 0.6 is 0 Å². The monoisotopic (exact) mass is 351 g/mol. The van der Waals surface area contributed by atoms with E-state index in [9.17, 15) is 20.1 Å². The Balaban J connectivity index is 2.52. The molecular weight excluding hydrogens is 334 g/mol. The maximum atomic E-state index is 12.5. The average Bonchev–Trinajstić information content (AvgIpc) is 2.60. The summed E-state index contributed by atoms with van der Waals surface area (Å²) in [5.41, 5.74) is 0.426. The number of benzene rings is 1. The molecule has 0 atom stereocenters. The van der Waals surface area contributed by atoms with Crippen LogP contribution < -0.4 is 10.3 Å². The van der Waals surface area contributed by atoms with Crippen molar-refractivity contribution in [1.82, 2.24) is 9.63 Å². The predicted octanol–water partition coefficient (Wildman–Crippen LogP) is 2.26. The van der Waals surface area contributed by atoms with Crippen LogP contribution in [0.25, 0.3) is 5.70 Å². The van der Waals surface area contributed by atoms with Gasteiger partial charge in [0.1, 0.15) is 17.0 Å². The molecule has 0 radical (unpaired) electrons. The second kappa shape index (κ2) is 6.17. The zero-order chi connectivity index (χ0) is 19.1. The molecule has 1 amide bonds. The van der Waals surface area contributed by atoms with Crippen LogP contribution in [0.4, 0.5) is 0 Å². The molecule has 7 nitrogen and oxygen atoms in total. The smallest absolute Gasteiger partial charge is 0.255 e. The predicted molar refractivity (Wildman–Crippen MR) is 93.3 cm³/mol. The number of carbonyl (C=O) groups is 1. The summed E-state index contributed by atoms with van der Waals surface area (Å²) < 4.78 is 7.32. The van der Waals surface area contributed by atoms with Crippen LogP contribution in [0, 0.1) is 18.3 Å². The van der Waals surface area contributed by atoms with Gasteiger partial charge in [0.2, 0.25) is 6.41 Å². The van der Waals surface area contributed by atoms with Crippen LogP contribution in [0.3, 0.4) is 0 Å². The molecule has 1 aliphatic heterocycles. The lowest BCUT2D eigenvalue weighted by atomic mass is 9.90. The third-order valence-corrected chi connectivity index (χ3v) is 4.34. The molecule has 7 heteroatoms. The van der Waals surface area contributed by atoms with Crippen LogP contribution in [0.1, 0.15) is 30.5 Å². The van der Waals surface area contributed by atoms with E-state index in [0.29, 0.717) is 33.2 Å². The molecule has 1 N–H and O–H groups in total. The summed E-state index contributed by atoms with van der Waals surface area (Å²) in [6, 6.07) is 10.0. The van der Waals surface area contributed by atoms with E-state index in [-0.39, 0.29) is 17.7 Å². The molecule has 3 rings (SSSR count). The highest BCUT2D eigenvalue weighted by molar-refractivity contribution is 5.81. The summed E-state index contributed by atoms with van der Waals surface area (Å²) in [5.74, 6) is 0.459. The van der Waals surface area contributed by atoms with Crippen LogP contribution in [0.15, 0.2) is 47.0 Å². The first kappa shape index (κ1) is 17.5. The van der Waals surface area contributed by atoms with E-state index in [0.717, 1.165) is 0 Å². The number of nitrogens with zero attached hydrogens (tertiary/aromatic N) is 3. The minimum atomic E-state index is -1.10. The molecule has 0 saturated carbocycles. The molecule has 0 saturated heterocycles. The Hall–Kier alpha value is -3.37. The van der Waals surface area contributed by atoms with Crippen LogP contribution in [-0.4, -0.2) is 26.8 Å². The average molecular weight is 351 g/mol. The Morgan fingerprint density at radius 3 is 2.65 bits per heavy atom. The van der Waals surface area contributed by atoms with Crippen molar-refractivity contribution in [2.45, 2.75) is 26.4 Å². The van der Waals surface area contributed by atoms with Gasteiger partial charge in [-0.3, -0.25) is 19.4 Å². The van der Waals surface area contributed by atoms with E-state index in [2.05, 4.69) is 6.07 Å². The van der Waals surface area contributed by atoms with E-state index in [1.165, 1.54) is 10.6 Å². The van der Waals surface area contributed by atoms with E-state index in [4.69, 9.17) is 4.74 Å². The largest absolute Gasteiger partial charge is 0.481 e. The summed E-state index contributed by atoms with van der Waals surface area (Å²) in [5, 5.41) is 20.0. The molecule has 1 aromatic carbocycles. The SMILES string of the molecule is Cc1c(C#N)ccc2c1C(n1ccccc1=O)=C(N(O)C=O)C(C)(C)O2. The lowest BCUT2D eigenvalue weighted by Crippen LogP contribution is -2.44. The summed E-state index contributed by atoms with van der Waals surface area (Å²) in [7, 11) is 0. The van der Waals surface area contributed by atoms with Crippen molar-refractivity contribution in [2.24, 2.45) is 0 Å². The number of fused-ring (bicyclic) bond motifs is 1. The van der Waals surface area contributed by atoms with Crippen molar-refractivity contribution in [2.75, 3.05) is 0 Å². The molecule has 0 bridgehead atoms. The maximum Gasteiger partial charge on any atom is 0.255 e. The van der Waals surface area contributed by atoms with Gasteiger partial charge < -0.3 is 4.74 Å². The number of hydroxylamine groups is 2. The Morgan fingerprint density at radius 2 is 2.04 bits per heavy atom. The molecular formula is C19H17N3O4. The molecule has 0 aliphatic carbocycles. The van der Waals surface area contributed by atoms with Gasteiger partial charge in [0, 0.05) is 17.8 Å². The number of aromatic nitrogens is 1. The van der Waals surface area contributed by atoms with Crippen LogP contribution in [-0.2, 0) is 4.79 Å². The van der Waals surface area contributed by atoms with Crippen molar-refractivity contribution >= 4 is 12.1 Å². The normalized spacial score (nSPS) is 14.9. The van der Waals surface area contributed by atoms with Gasteiger partial charge in [-0.05, 0) is 44.5 Å². The highest BCUT2D eigenvalue weighted by atomic mass is 16.5. The molecule has 2 aromatic rings. The first-order valence-corrected chi connectivity index (χ1v) is 7.91. The number of nitriles is 1. The molecule has 0 spiro atoms. The quantitative estimate of drug-likeness (QED) is 0.520. The van der Waals surface area contributed by atoms with E-state index >= 15 is 0 Å². The maximum absolute atomic E-state index is 12.5. The van der Waals surface area contributed by atoms with Gasteiger partial charge in [-0.25, -0.2) is 0 Å². The Labute approximate surface area is 149 Å². The highest BCUT2D eigenvalue weighted by Crippen LogP contribution is 2.43. The number of amides is 1. The van der Waals surface area contributed by atoms with E-state index in [1.54, 1.807) is 51.2 Å². The van der Waals surface area contributed by atoms with Gasteiger partial charge in [-0.2, -0.15) is 10.3 Å². The number of rotatable bonds is 3. The molecule has 0 unspecified atom stereocenters. The summed E-state index contributed by atoms with van der Waals surface area (Å²) in [4.78, 5) is 23.8. The standard InChI is InChI=1S/C19H17N3O4/c1-12-13(10-20)7-8-14-16(12)17(21-9-5-4-6-15(21)24)18(22(25)11-23)19(2,3)26-14/h4-9,11,25H,1-3H3. The van der Waals surface area contributed by atoms with Crippen molar-refractivity contribution in [3.8, 4) is 11.8 Å². The second-order valence-corrected chi connectivity index (χ2v) is 6.39. The van der Waals surface area contributed by atoms with Crippen molar-refractivity contribution in [3.05, 3.63) is 69.3 Å². The molecule has 2 heterocycles. The molecule has 132 valence electrons. The third kappa shape index (κ3) is 2.57. The van der Waals surface area contributed by atoms with E-state index in [1.807, 2.05) is 0 Å². The molecule has 1 aromatic heterocycles. The van der Waals surface area contributed by atoms with Gasteiger partial charge in [0.05, 0.1) is 17.3 Å². The fourth-order valence-corrected chi connectivity index (χ4v) is 3.20. The van der Waals surface area contributed by atoms with E-state index < -0.39 is 5.60 Å². The molecule has 1 aliphatic rings. The zero-order valence-corrected chi connectivity index (χ0v) is 14.6. The lowest BCUT2D eigenvalue weighted by Gasteiger charge is -2.39. The summed E-state index contributed by atoms with van der Waals surface area (Å²) >= 11 is 0. The summed E-state index contributed by atoms with van der Waals surface area (Å²) in [6.07, 6.45) is 1.78. The Morgan fingerprint density at radius 1 is 1.31 bits per heavy atom. The van der Waals surface area contributed by atoms with Gasteiger partial charge >= 0.3 is 0 Å². The highest BCUT2D eigenvalue weighted by Gasteiger charge is 2.40. The Kier molecular flexibility index (Phi) is 4.14. The summed E-state index contributed by atoms with van der Waals surface area (Å²) in [6.45, 7) is 5.09. The minimum Gasteiger partial charge on any atom is -0.481 e. The number of carbonyl (C=O) groups excluding carboxylic acids is 1. The van der Waals surface area contributed by atoms with Gasteiger partial charge in [0.25, 0.3) is 5.56 Å². The number of hydrogen-bond donors (Lipinski definition) is 1. The minimum absolute atomic E-state index is 0.103.